The molecule has 4 heteroatoms. The normalized spacial score (nSPS) is 12.4. The SMILES string of the molecule is CCCOCCOCc1cc(C(C)N)ccc1OCC. The zero-order valence-electron chi connectivity index (χ0n) is 12.9. The molecule has 1 atom stereocenters. The van der Waals surface area contributed by atoms with Crippen molar-refractivity contribution in [2.45, 2.75) is 39.8 Å². The van der Waals surface area contributed by atoms with Crippen molar-refractivity contribution in [2.24, 2.45) is 5.73 Å². The van der Waals surface area contributed by atoms with Gasteiger partial charge >= 0.3 is 0 Å². The maximum Gasteiger partial charge on any atom is 0.124 e. The molecule has 2 N–H and O–H groups in total. The summed E-state index contributed by atoms with van der Waals surface area (Å²) in [6, 6.07) is 6.04. The van der Waals surface area contributed by atoms with Crippen LogP contribution in [0.1, 0.15) is 44.4 Å². The third-order valence-corrected chi connectivity index (χ3v) is 2.89. The smallest absolute Gasteiger partial charge is 0.124 e. The first-order valence-electron chi connectivity index (χ1n) is 7.35. The quantitative estimate of drug-likeness (QED) is 0.670. The highest BCUT2D eigenvalue weighted by atomic mass is 16.5. The van der Waals surface area contributed by atoms with E-state index in [9.17, 15) is 0 Å². The molecule has 0 saturated heterocycles. The van der Waals surface area contributed by atoms with Crippen molar-refractivity contribution in [2.75, 3.05) is 26.4 Å². The van der Waals surface area contributed by atoms with Crippen LogP contribution in [0.25, 0.3) is 0 Å². The third-order valence-electron chi connectivity index (χ3n) is 2.89. The zero-order chi connectivity index (χ0) is 14.8. The summed E-state index contributed by atoms with van der Waals surface area (Å²) in [4.78, 5) is 0. The molecular formula is C16H27NO3. The Hall–Kier alpha value is -1.10. The van der Waals surface area contributed by atoms with Crippen molar-refractivity contribution in [3.05, 3.63) is 29.3 Å². The number of ether oxygens (including phenoxy) is 3. The number of rotatable bonds is 10. The Kier molecular flexibility index (Phi) is 8.26. The fourth-order valence-corrected chi connectivity index (χ4v) is 1.84. The monoisotopic (exact) mass is 281 g/mol. The summed E-state index contributed by atoms with van der Waals surface area (Å²) in [7, 11) is 0. The van der Waals surface area contributed by atoms with Gasteiger partial charge in [-0.15, -0.1) is 0 Å². The van der Waals surface area contributed by atoms with E-state index in [1.165, 1.54) is 0 Å². The summed E-state index contributed by atoms with van der Waals surface area (Å²) in [6.07, 6.45) is 1.03. The Morgan fingerprint density at radius 1 is 1.10 bits per heavy atom. The molecule has 1 rings (SSSR count). The molecule has 0 heterocycles. The van der Waals surface area contributed by atoms with Crippen LogP contribution in [-0.2, 0) is 16.1 Å². The maximum atomic E-state index is 5.91. The van der Waals surface area contributed by atoms with Gasteiger partial charge in [-0.3, -0.25) is 0 Å². The van der Waals surface area contributed by atoms with Gasteiger partial charge in [-0.1, -0.05) is 13.0 Å². The molecule has 0 aliphatic rings. The van der Waals surface area contributed by atoms with Crippen LogP contribution in [0.4, 0.5) is 0 Å². The first-order chi connectivity index (χ1) is 9.69. The molecule has 1 unspecified atom stereocenters. The summed E-state index contributed by atoms with van der Waals surface area (Å²) in [5.41, 5.74) is 8.05. The molecule has 0 amide bonds. The average molecular weight is 281 g/mol. The van der Waals surface area contributed by atoms with Crippen LogP contribution in [0.15, 0.2) is 18.2 Å². The Bertz CT molecular complexity index is 380. The fraction of sp³-hybridized carbons (Fsp3) is 0.625. The summed E-state index contributed by atoms with van der Waals surface area (Å²) < 4.78 is 16.6. The van der Waals surface area contributed by atoms with E-state index in [-0.39, 0.29) is 6.04 Å². The molecule has 1 aromatic carbocycles. The van der Waals surface area contributed by atoms with Gasteiger partial charge in [-0.05, 0) is 38.0 Å². The first-order valence-corrected chi connectivity index (χ1v) is 7.35. The lowest BCUT2D eigenvalue weighted by molar-refractivity contribution is 0.0400. The van der Waals surface area contributed by atoms with Crippen molar-refractivity contribution in [1.82, 2.24) is 0 Å². The van der Waals surface area contributed by atoms with Gasteiger partial charge in [-0.2, -0.15) is 0 Å². The van der Waals surface area contributed by atoms with E-state index in [1.807, 2.05) is 26.0 Å². The van der Waals surface area contributed by atoms with E-state index in [1.54, 1.807) is 0 Å². The molecule has 0 bridgehead atoms. The highest BCUT2D eigenvalue weighted by Gasteiger charge is 2.07. The second-order valence-corrected chi connectivity index (χ2v) is 4.75. The Labute approximate surface area is 122 Å². The zero-order valence-corrected chi connectivity index (χ0v) is 12.9. The van der Waals surface area contributed by atoms with Gasteiger partial charge < -0.3 is 19.9 Å². The van der Waals surface area contributed by atoms with Gasteiger partial charge in [0.15, 0.2) is 0 Å². The number of benzene rings is 1. The predicted molar refractivity (Wildman–Crippen MR) is 81.0 cm³/mol. The summed E-state index contributed by atoms with van der Waals surface area (Å²) >= 11 is 0. The number of hydrogen-bond donors (Lipinski definition) is 1. The van der Waals surface area contributed by atoms with Gasteiger partial charge in [0.05, 0.1) is 26.4 Å². The minimum Gasteiger partial charge on any atom is -0.494 e. The van der Waals surface area contributed by atoms with E-state index >= 15 is 0 Å². The minimum absolute atomic E-state index is 0.0114. The van der Waals surface area contributed by atoms with Crippen molar-refractivity contribution in [3.63, 3.8) is 0 Å². The van der Waals surface area contributed by atoms with Crippen molar-refractivity contribution >= 4 is 0 Å². The summed E-state index contributed by atoms with van der Waals surface area (Å²) in [5.74, 6) is 0.867. The second kappa shape index (κ2) is 9.75. The molecule has 0 saturated carbocycles. The average Bonchev–Trinajstić information content (AvgIpc) is 2.44. The molecular weight excluding hydrogens is 254 g/mol. The molecule has 0 aliphatic carbocycles. The molecule has 114 valence electrons. The van der Waals surface area contributed by atoms with Crippen molar-refractivity contribution in [3.8, 4) is 5.75 Å². The lowest BCUT2D eigenvalue weighted by Crippen LogP contribution is -2.08. The largest absolute Gasteiger partial charge is 0.494 e. The highest BCUT2D eigenvalue weighted by molar-refractivity contribution is 5.38. The van der Waals surface area contributed by atoms with Gasteiger partial charge in [-0.25, -0.2) is 0 Å². The summed E-state index contributed by atoms with van der Waals surface area (Å²) in [5, 5.41) is 0. The number of hydrogen-bond acceptors (Lipinski definition) is 4. The van der Waals surface area contributed by atoms with Gasteiger partial charge in [0, 0.05) is 18.2 Å². The van der Waals surface area contributed by atoms with Gasteiger partial charge in [0.1, 0.15) is 5.75 Å². The first kappa shape index (κ1) is 17.0. The van der Waals surface area contributed by atoms with E-state index in [0.29, 0.717) is 26.4 Å². The van der Waals surface area contributed by atoms with E-state index < -0.39 is 0 Å². The number of nitrogens with two attached hydrogens (primary N) is 1. The maximum absolute atomic E-state index is 5.91. The van der Waals surface area contributed by atoms with Crippen LogP contribution < -0.4 is 10.5 Å². The van der Waals surface area contributed by atoms with Crippen molar-refractivity contribution in [1.29, 1.82) is 0 Å². The molecule has 0 fully saturated rings. The minimum atomic E-state index is 0.0114. The molecule has 0 spiro atoms. The van der Waals surface area contributed by atoms with E-state index in [0.717, 1.165) is 29.9 Å². The third kappa shape index (κ3) is 5.90. The van der Waals surface area contributed by atoms with E-state index in [4.69, 9.17) is 19.9 Å². The molecule has 4 nitrogen and oxygen atoms in total. The van der Waals surface area contributed by atoms with Crippen molar-refractivity contribution < 1.29 is 14.2 Å². The standard InChI is InChI=1S/C16H27NO3/c1-4-8-18-9-10-19-12-15-11-14(13(3)17)6-7-16(15)20-5-2/h6-7,11,13H,4-5,8-10,12,17H2,1-3H3. The predicted octanol–water partition coefficient (Wildman–Crippen LogP) is 3.05. The molecule has 0 aromatic heterocycles. The van der Waals surface area contributed by atoms with Crippen LogP contribution in [0.3, 0.4) is 0 Å². The van der Waals surface area contributed by atoms with Crippen LogP contribution in [0.2, 0.25) is 0 Å². The Morgan fingerprint density at radius 2 is 1.85 bits per heavy atom. The lowest BCUT2D eigenvalue weighted by atomic mass is 10.1. The second-order valence-electron chi connectivity index (χ2n) is 4.75. The Balaban J connectivity index is 2.54. The van der Waals surface area contributed by atoms with Crippen LogP contribution in [0, 0.1) is 0 Å². The van der Waals surface area contributed by atoms with Gasteiger partial charge in [0.2, 0.25) is 0 Å². The molecule has 0 aliphatic heterocycles. The van der Waals surface area contributed by atoms with E-state index in [2.05, 4.69) is 13.0 Å². The molecule has 0 radical (unpaired) electrons. The van der Waals surface area contributed by atoms with Crippen LogP contribution >= 0.6 is 0 Å². The van der Waals surface area contributed by atoms with Gasteiger partial charge in [0.25, 0.3) is 0 Å². The molecule has 1 aromatic rings. The molecule has 20 heavy (non-hydrogen) atoms. The lowest BCUT2D eigenvalue weighted by Gasteiger charge is -2.14. The summed E-state index contributed by atoms with van der Waals surface area (Å²) in [6.45, 7) is 9.21. The highest BCUT2D eigenvalue weighted by Crippen LogP contribution is 2.23. The fourth-order valence-electron chi connectivity index (χ4n) is 1.84. The Morgan fingerprint density at radius 3 is 2.50 bits per heavy atom. The topological polar surface area (TPSA) is 53.7 Å². The van der Waals surface area contributed by atoms with Crippen LogP contribution in [-0.4, -0.2) is 26.4 Å². The van der Waals surface area contributed by atoms with Crippen LogP contribution in [0.5, 0.6) is 5.75 Å².